The van der Waals surface area contributed by atoms with Gasteiger partial charge in [0.2, 0.25) is 11.8 Å². The number of aryl methyl sites for hydroxylation is 1. The number of nitrogens with two attached hydrogens (primary N) is 1. The lowest BCUT2D eigenvalue weighted by Crippen LogP contribution is -2.28. The van der Waals surface area contributed by atoms with E-state index in [2.05, 4.69) is 12.2 Å². The number of nitrogen functional groups attached to an aromatic ring is 1. The maximum atomic E-state index is 12.4. The van der Waals surface area contributed by atoms with E-state index >= 15 is 0 Å². The van der Waals surface area contributed by atoms with E-state index in [1.165, 1.54) is 5.56 Å². The van der Waals surface area contributed by atoms with Crippen molar-refractivity contribution >= 4 is 28.9 Å². The van der Waals surface area contributed by atoms with Crippen LogP contribution in [0.25, 0.3) is 0 Å². The standard InChI is InChI=1S/C19H21N3O2/c1-2-13-7-9-15(10-8-13)22-12-14(11-18(22)23)19(24)21-17-6-4-3-5-16(17)20/h3-10,14H,2,11-12,20H2,1H3,(H,21,24). The lowest BCUT2D eigenvalue weighted by atomic mass is 10.1. The molecule has 5 heteroatoms. The Morgan fingerprint density at radius 3 is 2.58 bits per heavy atom. The average molecular weight is 323 g/mol. The predicted molar refractivity (Wildman–Crippen MR) is 95.8 cm³/mol. The summed E-state index contributed by atoms with van der Waals surface area (Å²) in [5.74, 6) is -0.572. The van der Waals surface area contributed by atoms with Gasteiger partial charge in [-0.1, -0.05) is 31.2 Å². The topological polar surface area (TPSA) is 75.4 Å². The number of hydrogen-bond acceptors (Lipinski definition) is 3. The van der Waals surface area contributed by atoms with Crippen LogP contribution in [0, 0.1) is 5.92 Å². The fraction of sp³-hybridized carbons (Fsp3) is 0.263. The lowest BCUT2D eigenvalue weighted by Gasteiger charge is -2.17. The zero-order valence-electron chi connectivity index (χ0n) is 13.7. The second kappa shape index (κ2) is 6.74. The highest BCUT2D eigenvalue weighted by Crippen LogP contribution is 2.27. The molecule has 0 saturated carbocycles. The highest BCUT2D eigenvalue weighted by atomic mass is 16.2. The van der Waals surface area contributed by atoms with Crippen LogP contribution in [0.3, 0.4) is 0 Å². The van der Waals surface area contributed by atoms with Crippen LogP contribution in [0.4, 0.5) is 17.1 Å². The summed E-state index contributed by atoms with van der Waals surface area (Å²) in [5, 5.41) is 2.82. The van der Waals surface area contributed by atoms with Gasteiger partial charge in [0.1, 0.15) is 0 Å². The molecular formula is C19H21N3O2. The Morgan fingerprint density at radius 2 is 1.92 bits per heavy atom. The number of carbonyl (C=O) groups excluding carboxylic acids is 2. The molecule has 1 atom stereocenters. The zero-order valence-corrected chi connectivity index (χ0v) is 13.7. The molecule has 2 aromatic carbocycles. The largest absolute Gasteiger partial charge is 0.397 e. The average Bonchev–Trinajstić information content (AvgIpc) is 2.99. The van der Waals surface area contributed by atoms with Gasteiger partial charge in [0.15, 0.2) is 0 Å². The van der Waals surface area contributed by atoms with Crippen LogP contribution in [-0.4, -0.2) is 18.4 Å². The molecule has 0 aromatic heterocycles. The first-order valence-corrected chi connectivity index (χ1v) is 8.13. The van der Waals surface area contributed by atoms with Gasteiger partial charge in [-0.2, -0.15) is 0 Å². The first kappa shape index (κ1) is 16.1. The summed E-state index contributed by atoms with van der Waals surface area (Å²) >= 11 is 0. The smallest absolute Gasteiger partial charge is 0.229 e. The maximum absolute atomic E-state index is 12.4. The molecule has 124 valence electrons. The van der Waals surface area contributed by atoms with Crippen LogP contribution >= 0.6 is 0 Å². The van der Waals surface area contributed by atoms with E-state index in [1.807, 2.05) is 36.4 Å². The Balaban J connectivity index is 1.69. The van der Waals surface area contributed by atoms with Crippen molar-refractivity contribution in [3.05, 3.63) is 54.1 Å². The van der Waals surface area contributed by atoms with Crippen LogP contribution in [0.5, 0.6) is 0 Å². The molecule has 1 aliphatic rings. The van der Waals surface area contributed by atoms with E-state index in [4.69, 9.17) is 5.73 Å². The maximum Gasteiger partial charge on any atom is 0.229 e. The van der Waals surface area contributed by atoms with E-state index in [0.29, 0.717) is 17.9 Å². The number of benzene rings is 2. The summed E-state index contributed by atoms with van der Waals surface area (Å²) in [4.78, 5) is 26.4. The SMILES string of the molecule is CCc1ccc(N2CC(C(=O)Nc3ccccc3N)CC2=O)cc1. The van der Waals surface area contributed by atoms with Gasteiger partial charge < -0.3 is 16.0 Å². The molecule has 3 rings (SSSR count). The molecule has 0 aliphatic carbocycles. The van der Waals surface area contributed by atoms with E-state index in [-0.39, 0.29) is 24.2 Å². The second-order valence-corrected chi connectivity index (χ2v) is 6.00. The fourth-order valence-electron chi connectivity index (χ4n) is 2.89. The number of amides is 2. The van der Waals surface area contributed by atoms with Crippen molar-refractivity contribution in [3.8, 4) is 0 Å². The highest BCUT2D eigenvalue weighted by molar-refractivity contribution is 6.04. The molecule has 24 heavy (non-hydrogen) atoms. The Hall–Kier alpha value is -2.82. The van der Waals surface area contributed by atoms with E-state index in [9.17, 15) is 9.59 Å². The number of nitrogens with zero attached hydrogens (tertiary/aromatic N) is 1. The highest BCUT2D eigenvalue weighted by Gasteiger charge is 2.35. The van der Waals surface area contributed by atoms with Gasteiger partial charge in [0.25, 0.3) is 0 Å². The molecule has 0 radical (unpaired) electrons. The Labute approximate surface area is 141 Å². The molecule has 5 nitrogen and oxygen atoms in total. The van der Waals surface area contributed by atoms with E-state index in [0.717, 1.165) is 12.1 Å². The Kier molecular flexibility index (Phi) is 4.51. The molecule has 1 saturated heterocycles. The molecule has 3 N–H and O–H groups in total. The van der Waals surface area contributed by atoms with Gasteiger partial charge in [-0.3, -0.25) is 9.59 Å². The number of carbonyl (C=O) groups is 2. The third kappa shape index (κ3) is 3.25. The number of anilines is 3. The minimum Gasteiger partial charge on any atom is -0.397 e. The summed E-state index contributed by atoms with van der Waals surface area (Å²) < 4.78 is 0. The van der Waals surface area contributed by atoms with Crippen molar-refractivity contribution in [3.63, 3.8) is 0 Å². The van der Waals surface area contributed by atoms with Crippen molar-refractivity contribution in [2.45, 2.75) is 19.8 Å². The van der Waals surface area contributed by atoms with E-state index < -0.39 is 0 Å². The van der Waals surface area contributed by atoms with Gasteiger partial charge >= 0.3 is 0 Å². The van der Waals surface area contributed by atoms with Crippen molar-refractivity contribution in [2.24, 2.45) is 5.92 Å². The molecular weight excluding hydrogens is 302 g/mol. The van der Waals surface area contributed by atoms with Gasteiger partial charge in [0.05, 0.1) is 17.3 Å². The Morgan fingerprint density at radius 1 is 1.21 bits per heavy atom. The summed E-state index contributed by atoms with van der Waals surface area (Å²) in [6.45, 7) is 2.48. The third-order valence-electron chi connectivity index (χ3n) is 4.37. The summed E-state index contributed by atoms with van der Waals surface area (Å²) in [6, 6.07) is 15.0. The quantitative estimate of drug-likeness (QED) is 0.850. The third-order valence-corrected chi connectivity index (χ3v) is 4.37. The first-order chi connectivity index (χ1) is 11.6. The minimum atomic E-state index is -0.372. The van der Waals surface area contributed by atoms with Crippen molar-refractivity contribution in [1.29, 1.82) is 0 Å². The van der Waals surface area contributed by atoms with Crippen LogP contribution < -0.4 is 16.0 Å². The van der Waals surface area contributed by atoms with Gasteiger partial charge in [0, 0.05) is 18.7 Å². The predicted octanol–water partition coefficient (Wildman–Crippen LogP) is 2.82. The molecule has 0 spiro atoms. The molecule has 1 unspecified atom stereocenters. The Bertz CT molecular complexity index is 755. The second-order valence-electron chi connectivity index (χ2n) is 6.00. The number of para-hydroxylation sites is 2. The molecule has 1 heterocycles. The first-order valence-electron chi connectivity index (χ1n) is 8.13. The summed E-state index contributed by atoms with van der Waals surface area (Å²) in [6.07, 6.45) is 1.17. The number of hydrogen-bond donors (Lipinski definition) is 2. The van der Waals surface area contributed by atoms with Crippen LogP contribution in [0.2, 0.25) is 0 Å². The zero-order chi connectivity index (χ0) is 17.1. The van der Waals surface area contributed by atoms with Crippen molar-refractivity contribution < 1.29 is 9.59 Å². The molecule has 2 aromatic rings. The number of rotatable bonds is 4. The van der Waals surface area contributed by atoms with Crippen LogP contribution in [0.15, 0.2) is 48.5 Å². The fourth-order valence-corrected chi connectivity index (χ4v) is 2.89. The minimum absolute atomic E-state index is 0.0274. The lowest BCUT2D eigenvalue weighted by molar-refractivity contribution is -0.122. The van der Waals surface area contributed by atoms with Crippen molar-refractivity contribution in [1.82, 2.24) is 0 Å². The molecule has 0 bridgehead atoms. The molecule has 1 aliphatic heterocycles. The van der Waals surface area contributed by atoms with Gasteiger partial charge in [-0.15, -0.1) is 0 Å². The molecule has 1 fully saturated rings. The molecule has 2 amide bonds. The van der Waals surface area contributed by atoms with Crippen LogP contribution in [0.1, 0.15) is 18.9 Å². The normalized spacial score (nSPS) is 17.1. The van der Waals surface area contributed by atoms with Crippen molar-refractivity contribution in [2.75, 3.05) is 22.5 Å². The monoisotopic (exact) mass is 323 g/mol. The van der Waals surface area contributed by atoms with Gasteiger partial charge in [-0.05, 0) is 36.2 Å². The van der Waals surface area contributed by atoms with Gasteiger partial charge in [-0.25, -0.2) is 0 Å². The number of nitrogens with one attached hydrogen (secondary N) is 1. The van der Waals surface area contributed by atoms with Crippen LogP contribution in [-0.2, 0) is 16.0 Å². The summed E-state index contributed by atoms with van der Waals surface area (Å²) in [7, 11) is 0. The summed E-state index contributed by atoms with van der Waals surface area (Å²) in [5.41, 5.74) is 9.01. The van der Waals surface area contributed by atoms with E-state index in [1.54, 1.807) is 17.0 Å².